The van der Waals surface area contributed by atoms with Crippen LogP contribution in [0.5, 0.6) is 0 Å². The molecule has 0 saturated carbocycles. The molecule has 10 heteroatoms. The second-order valence-corrected chi connectivity index (χ2v) is 9.66. The van der Waals surface area contributed by atoms with Crippen molar-refractivity contribution < 1.29 is 26.4 Å². The summed E-state index contributed by atoms with van der Waals surface area (Å²) < 4.78 is 66.4. The Bertz CT molecular complexity index is 810. The molecule has 0 bridgehead atoms. The van der Waals surface area contributed by atoms with Crippen molar-refractivity contribution in [2.75, 3.05) is 13.1 Å². The summed E-state index contributed by atoms with van der Waals surface area (Å²) in [5.41, 5.74) is 5.81. The first-order valence-corrected chi connectivity index (χ1v) is 10.7. The van der Waals surface area contributed by atoms with Crippen LogP contribution in [0, 0.1) is 17.5 Å². The second kappa shape index (κ2) is 9.23. The molecule has 1 saturated heterocycles. The molecular formula is C18H26F3N3O3S. The van der Waals surface area contributed by atoms with Crippen LogP contribution in [0.3, 0.4) is 0 Å². The van der Waals surface area contributed by atoms with Gasteiger partial charge in [-0.15, -0.1) is 0 Å². The van der Waals surface area contributed by atoms with Gasteiger partial charge in [-0.1, -0.05) is 0 Å². The lowest BCUT2D eigenvalue weighted by molar-refractivity contribution is -0.132. The molecule has 0 aromatic heterocycles. The van der Waals surface area contributed by atoms with Crippen molar-refractivity contribution in [3.05, 3.63) is 35.1 Å². The van der Waals surface area contributed by atoms with Crippen molar-refractivity contribution in [3.63, 3.8) is 0 Å². The SMILES string of the molecule is CC(C)S(=O)(=O)NC1CCN(C(=O)C[C@H](N)Cc2cc(F)c(F)cc2F)CC1. The number of likely N-dealkylation sites (tertiary alicyclic amines) is 1. The van der Waals surface area contributed by atoms with Crippen molar-refractivity contribution in [2.24, 2.45) is 5.73 Å². The van der Waals surface area contributed by atoms with Crippen LogP contribution in [0.4, 0.5) is 13.2 Å². The topological polar surface area (TPSA) is 92.5 Å². The van der Waals surface area contributed by atoms with Crippen molar-refractivity contribution in [1.82, 2.24) is 9.62 Å². The van der Waals surface area contributed by atoms with E-state index in [2.05, 4.69) is 4.72 Å². The highest BCUT2D eigenvalue weighted by atomic mass is 32.2. The van der Waals surface area contributed by atoms with Gasteiger partial charge in [0.25, 0.3) is 0 Å². The molecule has 6 nitrogen and oxygen atoms in total. The van der Waals surface area contributed by atoms with Gasteiger partial charge in [-0.2, -0.15) is 0 Å². The molecule has 2 rings (SSSR count). The first-order chi connectivity index (χ1) is 13.0. The molecule has 1 atom stereocenters. The summed E-state index contributed by atoms with van der Waals surface area (Å²) in [7, 11) is -3.37. The molecule has 1 aromatic rings. The van der Waals surface area contributed by atoms with E-state index in [4.69, 9.17) is 5.73 Å². The van der Waals surface area contributed by atoms with Crippen molar-refractivity contribution in [3.8, 4) is 0 Å². The van der Waals surface area contributed by atoms with Gasteiger partial charge in [0, 0.05) is 37.7 Å². The Kier molecular flexibility index (Phi) is 7.46. The Balaban J connectivity index is 1.85. The fourth-order valence-corrected chi connectivity index (χ4v) is 4.02. The maximum atomic E-state index is 13.7. The Hall–Kier alpha value is -1.65. The van der Waals surface area contributed by atoms with Gasteiger partial charge in [-0.3, -0.25) is 4.79 Å². The van der Waals surface area contributed by atoms with Gasteiger partial charge in [-0.05, 0) is 44.7 Å². The number of rotatable bonds is 7. The number of nitrogens with zero attached hydrogens (tertiary/aromatic N) is 1. The average Bonchev–Trinajstić information content (AvgIpc) is 2.59. The number of carbonyl (C=O) groups is 1. The molecule has 0 radical (unpaired) electrons. The molecule has 0 aliphatic carbocycles. The number of sulfonamides is 1. The molecule has 0 unspecified atom stereocenters. The quantitative estimate of drug-likeness (QED) is 0.656. The number of nitrogens with one attached hydrogen (secondary N) is 1. The van der Waals surface area contributed by atoms with Gasteiger partial charge < -0.3 is 10.6 Å². The lowest BCUT2D eigenvalue weighted by Crippen LogP contribution is -2.48. The number of nitrogens with two attached hydrogens (primary N) is 1. The van der Waals surface area contributed by atoms with Gasteiger partial charge >= 0.3 is 0 Å². The molecule has 1 aliphatic heterocycles. The van der Waals surface area contributed by atoms with E-state index in [1.165, 1.54) is 0 Å². The lowest BCUT2D eigenvalue weighted by Gasteiger charge is -2.33. The monoisotopic (exact) mass is 421 g/mol. The molecule has 1 fully saturated rings. The molecule has 0 spiro atoms. The summed E-state index contributed by atoms with van der Waals surface area (Å²) >= 11 is 0. The zero-order chi connectivity index (χ0) is 21.1. The van der Waals surface area contributed by atoms with Gasteiger partial charge in [0.2, 0.25) is 15.9 Å². The van der Waals surface area contributed by atoms with Gasteiger partial charge in [0.05, 0.1) is 5.25 Å². The van der Waals surface area contributed by atoms with E-state index in [-0.39, 0.29) is 30.4 Å². The third-order valence-corrected chi connectivity index (χ3v) is 6.71. The lowest BCUT2D eigenvalue weighted by atomic mass is 10.0. The second-order valence-electron chi connectivity index (χ2n) is 7.39. The highest BCUT2D eigenvalue weighted by molar-refractivity contribution is 7.90. The van der Waals surface area contributed by atoms with Gasteiger partial charge in [0.1, 0.15) is 5.82 Å². The van der Waals surface area contributed by atoms with E-state index in [0.717, 1.165) is 6.07 Å². The minimum atomic E-state index is -3.37. The van der Waals surface area contributed by atoms with Crippen LogP contribution in [0.25, 0.3) is 0 Å². The molecule has 1 aliphatic rings. The number of hydrogen-bond donors (Lipinski definition) is 2. The van der Waals surface area contributed by atoms with Crippen LogP contribution in [0.2, 0.25) is 0 Å². The number of benzene rings is 1. The van der Waals surface area contributed by atoms with Crippen LogP contribution in [-0.2, 0) is 21.2 Å². The van der Waals surface area contributed by atoms with Crippen LogP contribution in [0.15, 0.2) is 12.1 Å². The normalized spacial score (nSPS) is 17.2. The molecular weight excluding hydrogens is 395 g/mol. The van der Waals surface area contributed by atoms with Crippen molar-refractivity contribution >= 4 is 15.9 Å². The Morgan fingerprint density at radius 3 is 2.32 bits per heavy atom. The highest BCUT2D eigenvalue weighted by Gasteiger charge is 2.28. The standard InChI is InChI=1S/C18H26F3N3O3S/c1-11(2)28(26,27)23-14-3-5-24(6-4-14)18(25)9-13(22)7-12-8-16(20)17(21)10-15(12)19/h8,10-11,13-14,23H,3-7,9,22H2,1-2H3/t13-/m1/s1. The summed E-state index contributed by atoms with van der Waals surface area (Å²) in [6, 6.07) is 0.245. The Labute approximate surface area is 163 Å². The van der Waals surface area contributed by atoms with Crippen LogP contribution in [-0.4, -0.2) is 49.6 Å². The first-order valence-electron chi connectivity index (χ1n) is 9.17. The van der Waals surface area contributed by atoms with E-state index in [1.54, 1.807) is 18.7 Å². The third-order valence-electron chi connectivity index (χ3n) is 4.81. The highest BCUT2D eigenvalue weighted by Crippen LogP contribution is 2.17. The molecule has 1 heterocycles. The molecule has 1 aromatic carbocycles. The van der Waals surface area contributed by atoms with E-state index in [1.807, 2.05) is 0 Å². The van der Waals surface area contributed by atoms with E-state index < -0.39 is 38.8 Å². The van der Waals surface area contributed by atoms with Crippen LogP contribution < -0.4 is 10.5 Å². The summed E-state index contributed by atoms with van der Waals surface area (Å²) in [5.74, 6) is -3.58. The molecule has 1 amide bonds. The predicted octanol–water partition coefficient (Wildman–Crippen LogP) is 1.68. The predicted molar refractivity (Wildman–Crippen MR) is 99.4 cm³/mol. The van der Waals surface area contributed by atoms with Gasteiger partial charge in [0.15, 0.2) is 11.6 Å². The zero-order valence-corrected chi connectivity index (χ0v) is 16.7. The van der Waals surface area contributed by atoms with Crippen LogP contribution >= 0.6 is 0 Å². The smallest absolute Gasteiger partial charge is 0.224 e. The Morgan fingerprint density at radius 2 is 1.75 bits per heavy atom. The van der Waals surface area contributed by atoms with E-state index in [0.29, 0.717) is 32.0 Å². The minimum absolute atomic E-state index is 0.0686. The minimum Gasteiger partial charge on any atom is -0.343 e. The fourth-order valence-electron chi connectivity index (χ4n) is 3.04. The Morgan fingerprint density at radius 1 is 1.18 bits per heavy atom. The molecule has 158 valence electrons. The maximum Gasteiger partial charge on any atom is 0.224 e. The first kappa shape index (κ1) is 22.6. The number of halogens is 3. The maximum absolute atomic E-state index is 13.7. The number of amides is 1. The molecule has 3 N–H and O–H groups in total. The van der Waals surface area contributed by atoms with Crippen LogP contribution in [0.1, 0.15) is 38.7 Å². The van der Waals surface area contributed by atoms with E-state index in [9.17, 15) is 26.4 Å². The van der Waals surface area contributed by atoms with Crippen molar-refractivity contribution in [1.29, 1.82) is 0 Å². The van der Waals surface area contributed by atoms with Gasteiger partial charge in [-0.25, -0.2) is 26.3 Å². The summed E-state index contributed by atoms with van der Waals surface area (Å²) in [4.78, 5) is 14.0. The average molecular weight is 421 g/mol. The van der Waals surface area contributed by atoms with Crippen molar-refractivity contribution in [2.45, 2.75) is 56.9 Å². The summed E-state index contributed by atoms with van der Waals surface area (Å²) in [5, 5.41) is -0.526. The number of piperidine rings is 1. The fraction of sp³-hybridized carbons (Fsp3) is 0.611. The summed E-state index contributed by atoms with van der Waals surface area (Å²) in [6.45, 7) is 3.96. The largest absolute Gasteiger partial charge is 0.343 e. The zero-order valence-electron chi connectivity index (χ0n) is 15.9. The molecule has 28 heavy (non-hydrogen) atoms. The van der Waals surface area contributed by atoms with E-state index >= 15 is 0 Å². The third kappa shape index (κ3) is 5.92. The number of carbonyl (C=O) groups excluding carboxylic acids is 1. The number of hydrogen-bond acceptors (Lipinski definition) is 4. The summed E-state index contributed by atoms with van der Waals surface area (Å²) in [6.07, 6.45) is 0.815.